The van der Waals surface area contributed by atoms with Gasteiger partial charge in [-0.15, -0.1) is 0 Å². The van der Waals surface area contributed by atoms with Crippen molar-refractivity contribution in [3.8, 4) is 5.75 Å². The van der Waals surface area contributed by atoms with Gasteiger partial charge in [0.25, 0.3) is 0 Å². The van der Waals surface area contributed by atoms with Crippen LogP contribution in [0.15, 0.2) is 43.0 Å². The molecule has 0 N–H and O–H groups in total. The summed E-state index contributed by atoms with van der Waals surface area (Å²) in [6.07, 6.45) is 7.88. The minimum absolute atomic E-state index is 0.688. The molecule has 0 aliphatic carbocycles. The molecule has 1 aliphatic rings. The van der Waals surface area contributed by atoms with E-state index in [0.717, 1.165) is 38.4 Å². The van der Waals surface area contributed by atoms with Crippen LogP contribution in [0.5, 0.6) is 5.75 Å². The minimum atomic E-state index is 0.688. The molecule has 0 saturated carbocycles. The normalized spacial score (nSPS) is 18.4. The van der Waals surface area contributed by atoms with Crippen LogP contribution < -0.4 is 4.74 Å². The fourth-order valence-corrected chi connectivity index (χ4v) is 3.23. The zero-order valence-corrected chi connectivity index (χ0v) is 14.8. The molecule has 1 aromatic carbocycles. The zero-order valence-electron chi connectivity index (χ0n) is 14.8. The second-order valence-corrected chi connectivity index (χ2v) is 6.79. The highest BCUT2D eigenvalue weighted by molar-refractivity contribution is 5.28. The molecule has 130 valence electrons. The molecule has 1 fully saturated rings. The van der Waals surface area contributed by atoms with E-state index in [9.17, 15) is 0 Å². The molecule has 24 heavy (non-hydrogen) atoms. The summed E-state index contributed by atoms with van der Waals surface area (Å²) in [5.41, 5.74) is 1.33. The molecular formula is C19H28N4O. The van der Waals surface area contributed by atoms with Crippen molar-refractivity contribution in [2.45, 2.75) is 32.0 Å². The summed E-state index contributed by atoms with van der Waals surface area (Å²) in [5, 5.41) is 0. The lowest BCUT2D eigenvalue weighted by Gasteiger charge is -2.20. The van der Waals surface area contributed by atoms with Crippen molar-refractivity contribution in [1.82, 2.24) is 19.4 Å². The molecule has 1 aromatic heterocycles. The molecule has 0 spiro atoms. The Labute approximate surface area is 144 Å². The summed E-state index contributed by atoms with van der Waals surface area (Å²) >= 11 is 0. The Morgan fingerprint density at radius 2 is 2.25 bits per heavy atom. The molecule has 2 aromatic rings. The Balaban J connectivity index is 1.44. The Morgan fingerprint density at radius 3 is 3.00 bits per heavy atom. The number of imidazole rings is 1. The minimum Gasteiger partial charge on any atom is -0.494 e. The van der Waals surface area contributed by atoms with Gasteiger partial charge in [-0.05, 0) is 44.6 Å². The van der Waals surface area contributed by atoms with Crippen LogP contribution in [0.4, 0.5) is 0 Å². The quantitative estimate of drug-likeness (QED) is 0.697. The van der Waals surface area contributed by atoms with Gasteiger partial charge < -0.3 is 14.2 Å². The van der Waals surface area contributed by atoms with E-state index in [1.807, 2.05) is 24.8 Å². The first-order valence-electron chi connectivity index (χ1n) is 8.77. The van der Waals surface area contributed by atoms with Crippen molar-refractivity contribution in [1.29, 1.82) is 0 Å². The number of benzene rings is 1. The topological polar surface area (TPSA) is 33.5 Å². The number of aryl methyl sites for hydroxylation is 1. The van der Waals surface area contributed by atoms with E-state index < -0.39 is 0 Å². The van der Waals surface area contributed by atoms with Crippen LogP contribution in [0.3, 0.4) is 0 Å². The van der Waals surface area contributed by atoms with Gasteiger partial charge in [0.2, 0.25) is 0 Å². The summed E-state index contributed by atoms with van der Waals surface area (Å²) in [7, 11) is 4.35. The SMILES string of the molecule is CN(C)[C@H]1CCN(Cc2cccc(OCCCn3ccnc3)c2)C1. The average Bonchev–Trinajstić information content (AvgIpc) is 3.24. The van der Waals surface area contributed by atoms with Crippen LogP contribution >= 0.6 is 0 Å². The number of nitrogens with zero attached hydrogens (tertiary/aromatic N) is 4. The van der Waals surface area contributed by atoms with Crippen LogP contribution in [-0.2, 0) is 13.1 Å². The molecule has 5 nitrogen and oxygen atoms in total. The van der Waals surface area contributed by atoms with Crippen LogP contribution in [0, 0.1) is 0 Å². The van der Waals surface area contributed by atoms with E-state index in [0.29, 0.717) is 6.04 Å². The third-order valence-corrected chi connectivity index (χ3v) is 4.67. The predicted molar refractivity (Wildman–Crippen MR) is 96.2 cm³/mol. The second kappa shape index (κ2) is 8.31. The lowest BCUT2D eigenvalue weighted by atomic mass is 10.2. The van der Waals surface area contributed by atoms with Crippen molar-refractivity contribution in [3.63, 3.8) is 0 Å². The predicted octanol–water partition coefficient (Wildman–Crippen LogP) is 2.49. The molecular weight excluding hydrogens is 300 g/mol. The Bertz CT molecular complexity index is 612. The zero-order chi connectivity index (χ0) is 16.8. The summed E-state index contributed by atoms with van der Waals surface area (Å²) in [4.78, 5) is 8.91. The molecule has 3 rings (SSSR count). The van der Waals surface area contributed by atoms with Gasteiger partial charge in [0.1, 0.15) is 5.75 Å². The van der Waals surface area contributed by atoms with E-state index in [1.165, 1.54) is 18.5 Å². The molecule has 1 atom stereocenters. The molecule has 1 aliphatic heterocycles. The number of likely N-dealkylation sites (tertiary alicyclic amines) is 1. The molecule has 1 saturated heterocycles. The van der Waals surface area contributed by atoms with Crippen molar-refractivity contribution in [2.24, 2.45) is 0 Å². The lowest BCUT2D eigenvalue weighted by molar-refractivity contribution is 0.264. The van der Waals surface area contributed by atoms with Gasteiger partial charge >= 0.3 is 0 Å². The Hall–Kier alpha value is -1.85. The number of hydrogen-bond donors (Lipinski definition) is 0. The summed E-state index contributed by atoms with van der Waals surface area (Å²) in [5.74, 6) is 0.974. The van der Waals surface area contributed by atoms with Crippen molar-refractivity contribution in [2.75, 3.05) is 33.8 Å². The number of likely N-dealkylation sites (N-methyl/N-ethyl adjacent to an activating group) is 1. The number of aromatic nitrogens is 2. The van der Waals surface area contributed by atoms with Gasteiger partial charge in [0.05, 0.1) is 12.9 Å². The van der Waals surface area contributed by atoms with Crippen LogP contribution in [0.25, 0.3) is 0 Å². The Morgan fingerprint density at radius 1 is 1.33 bits per heavy atom. The average molecular weight is 328 g/mol. The smallest absolute Gasteiger partial charge is 0.119 e. The van der Waals surface area contributed by atoms with Crippen molar-refractivity contribution >= 4 is 0 Å². The van der Waals surface area contributed by atoms with Crippen LogP contribution in [0.1, 0.15) is 18.4 Å². The van der Waals surface area contributed by atoms with Crippen molar-refractivity contribution < 1.29 is 4.74 Å². The Kier molecular flexibility index (Phi) is 5.88. The van der Waals surface area contributed by atoms with Gasteiger partial charge in [0.15, 0.2) is 0 Å². The third kappa shape index (κ3) is 4.82. The van der Waals surface area contributed by atoms with E-state index in [2.05, 4.69) is 51.6 Å². The number of ether oxygens (including phenoxy) is 1. The third-order valence-electron chi connectivity index (χ3n) is 4.67. The van der Waals surface area contributed by atoms with E-state index in [4.69, 9.17) is 4.74 Å². The van der Waals surface area contributed by atoms with Gasteiger partial charge in [-0.25, -0.2) is 4.98 Å². The van der Waals surface area contributed by atoms with Crippen molar-refractivity contribution in [3.05, 3.63) is 48.5 Å². The van der Waals surface area contributed by atoms with Gasteiger partial charge in [0, 0.05) is 44.6 Å². The fourth-order valence-electron chi connectivity index (χ4n) is 3.23. The maximum Gasteiger partial charge on any atom is 0.119 e. The van der Waals surface area contributed by atoms with Gasteiger partial charge in [-0.1, -0.05) is 12.1 Å². The molecule has 5 heteroatoms. The summed E-state index contributed by atoms with van der Waals surface area (Å²) in [6, 6.07) is 9.21. The summed E-state index contributed by atoms with van der Waals surface area (Å²) in [6.45, 7) is 5.02. The van der Waals surface area contributed by atoms with Crippen LogP contribution in [-0.4, -0.2) is 59.2 Å². The molecule has 0 unspecified atom stereocenters. The van der Waals surface area contributed by atoms with Gasteiger partial charge in [-0.2, -0.15) is 0 Å². The molecule has 2 heterocycles. The first-order chi connectivity index (χ1) is 11.7. The van der Waals surface area contributed by atoms with Gasteiger partial charge in [-0.3, -0.25) is 4.90 Å². The fraction of sp³-hybridized carbons (Fsp3) is 0.526. The highest BCUT2D eigenvalue weighted by atomic mass is 16.5. The molecule has 0 radical (unpaired) electrons. The maximum atomic E-state index is 5.91. The maximum absolute atomic E-state index is 5.91. The molecule has 0 amide bonds. The van der Waals surface area contributed by atoms with E-state index in [-0.39, 0.29) is 0 Å². The lowest BCUT2D eigenvalue weighted by Crippen LogP contribution is -2.31. The number of hydrogen-bond acceptors (Lipinski definition) is 4. The highest BCUT2D eigenvalue weighted by Gasteiger charge is 2.23. The second-order valence-electron chi connectivity index (χ2n) is 6.79. The summed E-state index contributed by atoms with van der Waals surface area (Å²) < 4.78 is 7.99. The number of rotatable bonds is 8. The van der Waals surface area contributed by atoms with E-state index in [1.54, 1.807) is 0 Å². The first-order valence-corrected chi connectivity index (χ1v) is 8.77. The van der Waals surface area contributed by atoms with E-state index >= 15 is 0 Å². The van der Waals surface area contributed by atoms with Crippen LogP contribution in [0.2, 0.25) is 0 Å². The standard InChI is InChI=1S/C19H28N4O/c1-21(2)18-7-10-23(15-18)14-17-5-3-6-19(13-17)24-12-4-9-22-11-8-20-16-22/h3,5-6,8,11,13,16,18H,4,7,9-10,12,14-15H2,1-2H3/t18-/m0/s1. The highest BCUT2D eigenvalue weighted by Crippen LogP contribution is 2.19. The first kappa shape index (κ1) is 17.0. The largest absolute Gasteiger partial charge is 0.494 e. The molecule has 0 bridgehead atoms. The monoisotopic (exact) mass is 328 g/mol.